The molecule has 1 fully saturated rings. The highest BCUT2D eigenvalue weighted by Crippen LogP contribution is 2.43. The maximum Gasteiger partial charge on any atom is 0.254 e. The van der Waals surface area contributed by atoms with Gasteiger partial charge in [-0.2, -0.15) is 0 Å². The Morgan fingerprint density at radius 2 is 1.58 bits per heavy atom. The molecule has 1 aliphatic carbocycles. The number of benzene rings is 3. The molecule has 180 valence electrons. The van der Waals surface area contributed by atoms with Crippen LogP contribution in [0.3, 0.4) is 0 Å². The lowest BCUT2D eigenvalue weighted by molar-refractivity contribution is -0.119. The summed E-state index contributed by atoms with van der Waals surface area (Å²) in [6, 6.07) is 27.0. The number of rotatable bonds is 5. The normalized spacial score (nSPS) is 16.3. The average molecular weight is 496 g/mol. The first kappa shape index (κ1) is 22.6. The highest BCUT2D eigenvalue weighted by atomic mass is 35.5. The lowest BCUT2D eigenvalue weighted by atomic mass is 9.97. The van der Waals surface area contributed by atoms with Gasteiger partial charge in [0.2, 0.25) is 5.91 Å². The molecule has 2 heterocycles. The van der Waals surface area contributed by atoms with Gasteiger partial charge in [0, 0.05) is 22.8 Å². The third-order valence-electron chi connectivity index (χ3n) is 7.10. The van der Waals surface area contributed by atoms with Crippen molar-refractivity contribution in [2.45, 2.75) is 31.8 Å². The van der Waals surface area contributed by atoms with Crippen LogP contribution in [0.2, 0.25) is 5.02 Å². The molecule has 1 atom stereocenters. The maximum atomic E-state index is 14.2. The van der Waals surface area contributed by atoms with Gasteiger partial charge >= 0.3 is 0 Å². The second-order valence-electron chi connectivity index (χ2n) is 9.49. The van der Waals surface area contributed by atoms with Crippen LogP contribution in [0.25, 0.3) is 5.69 Å². The molecule has 36 heavy (non-hydrogen) atoms. The van der Waals surface area contributed by atoms with Crippen LogP contribution in [0.5, 0.6) is 0 Å². The number of hydrogen-bond donors (Lipinski definition) is 0. The van der Waals surface area contributed by atoms with E-state index in [1.165, 1.54) is 0 Å². The summed E-state index contributed by atoms with van der Waals surface area (Å²) in [6.07, 6.45) is 3.87. The fraction of sp³-hybridized carbons (Fsp3) is 0.200. The van der Waals surface area contributed by atoms with E-state index in [4.69, 9.17) is 11.6 Å². The standard InChI is InChI=1S/C30H26ClN3O2/c1-20-7-2-3-8-24(20)30(36)33(23-16-17-23)19-28(35)34-26-10-5-4-9-25(26)32-18-6-11-27(32)29(34)21-12-14-22(31)15-13-21/h2-15,18,23,29H,16-17,19H2,1H3. The number of carbonyl (C=O) groups excluding carboxylic acids is 2. The highest BCUT2D eigenvalue weighted by molar-refractivity contribution is 6.30. The maximum absolute atomic E-state index is 14.2. The minimum absolute atomic E-state index is 0.0248. The van der Waals surface area contributed by atoms with Gasteiger partial charge in [-0.3, -0.25) is 14.5 Å². The number of amides is 2. The van der Waals surface area contributed by atoms with E-state index in [0.717, 1.165) is 41.0 Å². The Kier molecular flexibility index (Phi) is 5.65. The number of carbonyl (C=O) groups is 2. The minimum atomic E-state index is -0.339. The molecule has 2 aliphatic rings. The first-order valence-corrected chi connectivity index (χ1v) is 12.6. The number of anilines is 1. The molecule has 0 bridgehead atoms. The van der Waals surface area contributed by atoms with Gasteiger partial charge in [-0.15, -0.1) is 0 Å². The fourth-order valence-corrected chi connectivity index (χ4v) is 5.29. The Labute approximate surface area is 215 Å². The van der Waals surface area contributed by atoms with Crippen LogP contribution in [0.1, 0.15) is 46.1 Å². The second-order valence-corrected chi connectivity index (χ2v) is 9.93. The summed E-state index contributed by atoms with van der Waals surface area (Å²) in [5, 5.41) is 0.645. The first-order valence-electron chi connectivity index (χ1n) is 12.2. The van der Waals surface area contributed by atoms with Crippen molar-refractivity contribution in [1.29, 1.82) is 0 Å². The summed E-state index contributed by atoms with van der Waals surface area (Å²) < 4.78 is 2.13. The van der Waals surface area contributed by atoms with Crippen LogP contribution in [0.4, 0.5) is 5.69 Å². The van der Waals surface area contributed by atoms with E-state index in [1.54, 1.807) is 4.90 Å². The van der Waals surface area contributed by atoms with Crippen molar-refractivity contribution in [2.75, 3.05) is 11.4 Å². The van der Waals surface area contributed by atoms with Crippen molar-refractivity contribution < 1.29 is 9.59 Å². The predicted octanol–water partition coefficient (Wildman–Crippen LogP) is 6.18. The SMILES string of the molecule is Cc1ccccc1C(=O)N(CC(=O)N1c2ccccc2-n2cccc2C1c1ccc(Cl)cc1)C1CC1. The average Bonchev–Trinajstić information content (AvgIpc) is 3.62. The topological polar surface area (TPSA) is 45.6 Å². The number of hydrogen-bond acceptors (Lipinski definition) is 2. The van der Waals surface area contributed by atoms with Crippen molar-refractivity contribution >= 4 is 29.1 Å². The number of para-hydroxylation sites is 2. The third-order valence-corrected chi connectivity index (χ3v) is 7.36. The molecule has 4 aromatic rings. The molecule has 1 aliphatic heterocycles. The number of halogens is 1. The van der Waals surface area contributed by atoms with E-state index < -0.39 is 0 Å². The lowest BCUT2D eigenvalue weighted by Crippen LogP contribution is -2.47. The number of fused-ring (bicyclic) bond motifs is 3. The molecule has 1 aromatic heterocycles. The van der Waals surface area contributed by atoms with E-state index in [9.17, 15) is 9.59 Å². The van der Waals surface area contributed by atoms with Crippen LogP contribution in [0.15, 0.2) is 91.1 Å². The van der Waals surface area contributed by atoms with Gasteiger partial charge in [-0.1, -0.05) is 54.1 Å². The van der Waals surface area contributed by atoms with Crippen LogP contribution in [0, 0.1) is 6.92 Å². The van der Waals surface area contributed by atoms with E-state index in [-0.39, 0.29) is 30.4 Å². The van der Waals surface area contributed by atoms with Crippen molar-refractivity contribution in [3.63, 3.8) is 0 Å². The molecular weight excluding hydrogens is 470 g/mol. The predicted molar refractivity (Wildman–Crippen MR) is 142 cm³/mol. The molecule has 6 rings (SSSR count). The summed E-state index contributed by atoms with van der Waals surface area (Å²) in [5.74, 6) is -0.190. The first-order chi connectivity index (χ1) is 17.5. The van der Waals surface area contributed by atoms with Gasteiger partial charge in [0.05, 0.1) is 17.1 Å². The number of aryl methyl sites for hydroxylation is 1. The molecule has 0 spiro atoms. The molecule has 0 radical (unpaired) electrons. The van der Waals surface area contributed by atoms with Crippen molar-refractivity contribution in [2.24, 2.45) is 0 Å². The summed E-state index contributed by atoms with van der Waals surface area (Å²) >= 11 is 6.20. The molecule has 1 saturated carbocycles. The van der Waals surface area contributed by atoms with E-state index in [1.807, 2.05) is 103 Å². The third kappa shape index (κ3) is 3.90. The van der Waals surface area contributed by atoms with Gasteiger partial charge < -0.3 is 9.47 Å². The fourth-order valence-electron chi connectivity index (χ4n) is 5.16. The quantitative estimate of drug-likeness (QED) is 0.332. The lowest BCUT2D eigenvalue weighted by Gasteiger charge is -2.39. The van der Waals surface area contributed by atoms with Crippen molar-refractivity contribution in [3.05, 3.63) is 119 Å². The van der Waals surface area contributed by atoms with Gasteiger partial charge in [0.15, 0.2) is 0 Å². The van der Waals surface area contributed by atoms with Gasteiger partial charge in [-0.25, -0.2) is 0 Å². The molecule has 6 heteroatoms. The molecule has 3 aromatic carbocycles. The Hall–Kier alpha value is -3.83. The Morgan fingerprint density at radius 1 is 0.889 bits per heavy atom. The Bertz CT molecular complexity index is 1460. The largest absolute Gasteiger partial charge is 0.326 e. The molecule has 0 N–H and O–H groups in total. The number of aromatic nitrogens is 1. The molecule has 5 nitrogen and oxygen atoms in total. The van der Waals surface area contributed by atoms with Crippen molar-refractivity contribution in [3.8, 4) is 5.69 Å². The molecule has 2 amide bonds. The molecule has 0 saturated heterocycles. The summed E-state index contributed by atoms with van der Waals surface area (Å²) in [7, 11) is 0. The Morgan fingerprint density at radius 3 is 2.31 bits per heavy atom. The monoisotopic (exact) mass is 495 g/mol. The summed E-state index contributed by atoms with van der Waals surface area (Å²) in [5.41, 5.74) is 5.29. The zero-order chi connectivity index (χ0) is 24.8. The highest BCUT2D eigenvalue weighted by Gasteiger charge is 2.40. The zero-order valence-corrected chi connectivity index (χ0v) is 20.7. The van der Waals surface area contributed by atoms with E-state index in [0.29, 0.717) is 10.6 Å². The van der Waals surface area contributed by atoms with E-state index >= 15 is 0 Å². The van der Waals surface area contributed by atoms with Crippen LogP contribution < -0.4 is 4.90 Å². The van der Waals surface area contributed by atoms with Crippen molar-refractivity contribution in [1.82, 2.24) is 9.47 Å². The van der Waals surface area contributed by atoms with Gasteiger partial charge in [-0.05, 0) is 73.4 Å². The minimum Gasteiger partial charge on any atom is -0.326 e. The number of nitrogens with zero attached hydrogens (tertiary/aromatic N) is 3. The van der Waals surface area contributed by atoms with Crippen LogP contribution >= 0.6 is 11.6 Å². The van der Waals surface area contributed by atoms with Crippen LogP contribution in [-0.4, -0.2) is 33.9 Å². The summed E-state index contributed by atoms with van der Waals surface area (Å²) in [6.45, 7) is 1.96. The molecular formula is C30H26ClN3O2. The Balaban J connectivity index is 1.42. The smallest absolute Gasteiger partial charge is 0.254 e. The zero-order valence-electron chi connectivity index (χ0n) is 20.0. The van der Waals surface area contributed by atoms with E-state index in [2.05, 4.69) is 4.57 Å². The second kappa shape index (κ2) is 8.99. The van der Waals surface area contributed by atoms with Gasteiger partial charge in [0.25, 0.3) is 5.91 Å². The van der Waals surface area contributed by atoms with Gasteiger partial charge in [0.1, 0.15) is 12.6 Å². The molecule has 1 unspecified atom stereocenters. The van der Waals surface area contributed by atoms with Crippen LogP contribution in [-0.2, 0) is 4.79 Å². The summed E-state index contributed by atoms with van der Waals surface area (Å²) in [4.78, 5) is 31.4.